The molecule has 86 valence electrons. The maximum absolute atomic E-state index is 8.97. The first-order chi connectivity index (χ1) is 7.53. The van der Waals surface area contributed by atoms with Gasteiger partial charge in [0.1, 0.15) is 11.9 Å². The van der Waals surface area contributed by atoms with Crippen LogP contribution < -0.4 is 11.1 Å². The Morgan fingerprint density at radius 3 is 2.81 bits per heavy atom. The lowest BCUT2D eigenvalue weighted by Crippen LogP contribution is -2.47. The van der Waals surface area contributed by atoms with Crippen LogP contribution in [0.15, 0.2) is 18.3 Å². The van der Waals surface area contributed by atoms with Crippen molar-refractivity contribution < 1.29 is 0 Å². The topological polar surface area (TPSA) is 74.7 Å². The fourth-order valence-electron chi connectivity index (χ4n) is 1.30. The van der Waals surface area contributed by atoms with Crippen LogP contribution >= 0.6 is 0 Å². The largest absolute Gasteiger partial charge is 0.362 e. The molecule has 0 spiro atoms. The van der Waals surface area contributed by atoms with Gasteiger partial charge in [-0.2, -0.15) is 5.26 Å². The number of nitriles is 1. The summed E-state index contributed by atoms with van der Waals surface area (Å²) >= 11 is 0. The molecule has 0 radical (unpaired) electrons. The molecule has 0 aliphatic carbocycles. The zero-order valence-electron chi connectivity index (χ0n) is 9.99. The van der Waals surface area contributed by atoms with E-state index in [2.05, 4.69) is 30.2 Å². The summed E-state index contributed by atoms with van der Waals surface area (Å²) in [6.45, 7) is 6.71. The second-order valence-corrected chi connectivity index (χ2v) is 4.41. The van der Waals surface area contributed by atoms with Gasteiger partial charge in [0.25, 0.3) is 0 Å². The summed E-state index contributed by atoms with van der Waals surface area (Å²) in [5.41, 5.74) is 6.07. The van der Waals surface area contributed by atoms with Crippen LogP contribution in [-0.2, 0) is 0 Å². The summed E-state index contributed by atoms with van der Waals surface area (Å²) in [4.78, 5) is 4.18. The molecule has 0 aliphatic heterocycles. The Morgan fingerprint density at radius 1 is 1.62 bits per heavy atom. The van der Waals surface area contributed by atoms with Gasteiger partial charge >= 0.3 is 0 Å². The van der Waals surface area contributed by atoms with Crippen molar-refractivity contribution in [1.82, 2.24) is 4.98 Å². The molecular formula is C12H18N4. The number of rotatable bonds is 4. The molecule has 1 heterocycles. The summed E-state index contributed by atoms with van der Waals surface area (Å²) in [5, 5.41) is 12.2. The van der Waals surface area contributed by atoms with E-state index < -0.39 is 0 Å². The number of hydrogen-bond acceptors (Lipinski definition) is 4. The molecule has 0 saturated carbocycles. The highest BCUT2D eigenvalue weighted by Gasteiger charge is 2.27. The van der Waals surface area contributed by atoms with E-state index in [1.165, 1.54) is 0 Å². The molecule has 1 atom stereocenters. The second kappa shape index (κ2) is 4.95. The van der Waals surface area contributed by atoms with Gasteiger partial charge in [-0.25, -0.2) is 4.98 Å². The van der Waals surface area contributed by atoms with Crippen LogP contribution in [0.1, 0.15) is 26.3 Å². The molecule has 0 saturated heterocycles. The first-order valence-electron chi connectivity index (χ1n) is 5.37. The van der Waals surface area contributed by atoms with Crippen molar-refractivity contribution in [2.24, 2.45) is 11.7 Å². The van der Waals surface area contributed by atoms with E-state index in [0.717, 1.165) is 0 Å². The molecule has 0 aliphatic rings. The number of nitrogens with one attached hydrogen (secondary N) is 1. The molecule has 4 nitrogen and oxygen atoms in total. The summed E-state index contributed by atoms with van der Waals surface area (Å²) < 4.78 is 0. The van der Waals surface area contributed by atoms with E-state index in [1.54, 1.807) is 18.3 Å². The molecule has 0 bridgehead atoms. The molecule has 1 unspecified atom stereocenters. The Hall–Kier alpha value is -1.60. The molecule has 16 heavy (non-hydrogen) atoms. The minimum atomic E-state index is -0.250. The molecule has 0 fully saturated rings. The Balaban J connectivity index is 3.00. The lowest BCUT2D eigenvalue weighted by Gasteiger charge is -2.34. The fourth-order valence-corrected chi connectivity index (χ4v) is 1.30. The lowest BCUT2D eigenvalue weighted by atomic mass is 9.88. The molecule has 1 aromatic heterocycles. The van der Waals surface area contributed by atoms with Crippen molar-refractivity contribution in [2.45, 2.75) is 26.3 Å². The van der Waals surface area contributed by atoms with Gasteiger partial charge in [-0.15, -0.1) is 0 Å². The smallest absolute Gasteiger partial charge is 0.144 e. The number of aromatic nitrogens is 1. The van der Waals surface area contributed by atoms with E-state index in [0.29, 0.717) is 23.8 Å². The van der Waals surface area contributed by atoms with Crippen molar-refractivity contribution in [3.8, 4) is 6.07 Å². The Kier molecular flexibility index (Phi) is 3.86. The van der Waals surface area contributed by atoms with Crippen molar-refractivity contribution in [3.05, 3.63) is 23.9 Å². The Labute approximate surface area is 96.5 Å². The minimum Gasteiger partial charge on any atom is -0.362 e. The van der Waals surface area contributed by atoms with Gasteiger partial charge < -0.3 is 11.1 Å². The van der Waals surface area contributed by atoms with Crippen molar-refractivity contribution >= 4 is 5.82 Å². The van der Waals surface area contributed by atoms with E-state index in [4.69, 9.17) is 11.0 Å². The van der Waals surface area contributed by atoms with Crippen LogP contribution in [0.3, 0.4) is 0 Å². The SMILES string of the molecule is CC(C)C(C)(CN)Nc1ncccc1C#N. The first-order valence-corrected chi connectivity index (χ1v) is 5.37. The molecule has 0 aromatic carbocycles. The zero-order chi connectivity index (χ0) is 12.2. The van der Waals surface area contributed by atoms with E-state index in [9.17, 15) is 0 Å². The van der Waals surface area contributed by atoms with Gasteiger partial charge in [0.2, 0.25) is 0 Å². The van der Waals surface area contributed by atoms with Crippen LogP contribution in [0.2, 0.25) is 0 Å². The predicted molar refractivity (Wildman–Crippen MR) is 64.9 cm³/mol. The van der Waals surface area contributed by atoms with Crippen LogP contribution in [0, 0.1) is 17.2 Å². The van der Waals surface area contributed by atoms with Crippen molar-refractivity contribution in [2.75, 3.05) is 11.9 Å². The average molecular weight is 218 g/mol. The third-order valence-corrected chi connectivity index (χ3v) is 3.03. The summed E-state index contributed by atoms with van der Waals surface area (Å²) in [7, 11) is 0. The molecule has 1 rings (SSSR count). The van der Waals surface area contributed by atoms with Gasteiger partial charge in [-0.1, -0.05) is 13.8 Å². The molecule has 4 heteroatoms. The summed E-state index contributed by atoms with van der Waals surface area (Å²) in [6.07, 6.45) is 1.67. The van der Waals surface area contributed by atoms with Crippen LogP contribution in [0.4, 0.5) is 5.82 Å². The highest BCUT2D eigenvalue weighted by atomic mass is 15.1. The highest BCUT2D eigenvalue weighted by Crippen LogP contribution is 2.22. The summed E-state index contributed by atoms with van der Waals surface area (Å²) in [5.74, 6) is 0.956. The number of nitrogens with zero attached hydrogens (tertiary/aromatic N) is 2. The molecule has 3 N–H and O–H groups in total. The van der Waals surface area contributed by atoms with E-state index in [1.807, 2.05) is 6.92 Å². The predicted octanol–water partition coefficient (Wildman–Crippen LogP) is 1.74. The quantitative estimate of drug-likeness (QED) is 0.807. The standard InChI is InChI=1S/C12H18N4/c1-9(2)12(3,8-14)16-11-10(7-13)5-4-6-15-11/h4-6,9H,8,14H2,1-3H3,(H,15,16). The molecule has 1 aromatic rings. The summed E-state index contributed by atoms with van der Waals surface area (Å²) in [6, 6.07) is 5.61. The van der Waals surface area contributed by atoms with Gasteiger partial charge in [0, 0.05) is 12.7 Å². The van der Waals surface area contributed by atoms with Gasteiger partial charge in [0.15, 0.2) is 0 Å². The van der Waals surface area contributed by atoms with Gasteiger partial charge in [-0.3, -0.25) is 0 Å². The fraction of sp³-hybridized carbons (Fsp3) is 0.500. The number of hydrogen-bond donors (Lipinski definition) is 2. The maximum atomic E-state index is 8.97. The van der Waals surface area contributed by atoms with E-state index in [-0.39, 0.29) is 5.54 Å². The minimum absolute atomic E-state index is 0.250. The van der Waals surface area contributed by atoms with Crippen molar-refractivity contribution in [1.29, 1.82) is 5.26 Å². The monoisotopic (exact) mass is 218 g/mol. The molecular weight excluding hydrogens is 200 g/mol. The van der Waals surface area contributed by atoms with Crippen molar-refractivity contribution in [3.63, 3.8) is 0 Å². The Morgan fingerprint density at radius 2 is 2.31 bits per heavy atom. The average Bonchev–Trinajstić information content (AvgIpc) is 2.29. The third kappa shape index (κ3) is 2.50. The number of pyridine rings is 1. The highest BCUT2D eigenvalue weighted by molar-refractivity contribution is 5.52. The second-order valence-electron chi connectivity index (χ2n) is 4.41. The zero-order valence-corrected chi connectivity index (χ0v) is 9.99. The lowest BCUT2D eigenvalue weighted by molar-refractivity contribution is 0.381. The normalized spacial score (nSPS) is 14.2. The van der Waals surface area contributed by atoms with Gasteiger partial charge in [-0.05, 0) is 25.0 Å². The number of nitrogens with two attached hydrogens (primary N) is 1. The maximum Gasteiger partial charge on any atom is 0.144 e. The molecule has 0 amide bonds. The number of anilines is 1. The van der Waals surface area contributed by atoms with Crippen LogP contribution in [-0.4, -0.2) is 17.1 Å². The first kappa shape index (κ1) is 12.5. The third-order valence-electron chi connectivity index (χ3n) is 3.03. The van der Waals surface area contributed by atoms with Crippen LogP contribution in [0.5, 0.6) is 0 Å². The van der Waals surface area contributed by atoms with E-state index >= 15 is 0 Å². The van der Waals surface area contributed by atoms with Gasteiger partial charge in [0.05, 0.1) is 11.1 Å². The Bertz CT molecular complexity index is 394. The van der Waals surface area contributed by atoms with Crippen LogP contribution in [0.25, 0.3) is 0 Å².